The van der Waals surface area contributed by atoms with Gasteiger partial charge in [-0.3, -0.25) is 9.59 Å². The highest BCUT2D eigenvalue weighted by atomic mass is 35.5. The molecule has 1 amide bonds. The highest BCUT2D eigenvalue weighted by Crippen LogP contribution is 2.23. The number of fused-ring (bicyclic) bond motifs is 1. The van der Waals surface area contributed by atoms with Crippen molar-refractivity contribution in [1.82, 2.24) is 20.2 Å². The number of nitrogens with zero attached hydrogens (tertiary/aromatic N) is 3. The number of pyridine rings is 2. The van der Waals surface area contributed by atoms with Gasteiger partial charge in [-0.25, -0.2) is 9.97 Å². The Morgan fingerprint density at radius 1 is 1.28 bits per heavy atom. The van der Waals surface area contributed by atoms with Crippen LogP contribution in [-0.2, 0) is 22.4 Å². The monoisotopic (exact) mass is 517 g/mol. The zero-order valence-corrected chi connectivity index (χ0v) is 21.6. The molecule has 2 unspecified atom stereocenters. The first-order valence-electron chi connectivity index (χ1n) is 12.5. The number of aromatic nitrogens is 2. The van der Waals surface area contributed by atoms with Gasteiger partial charge in [0.15, 0.2) is 0 Å². The smallest absolute Gasteiger partial charge is 0.305 e. The molecule has 0 saturated carbocycles. The topological polar surface area (TPSA) is 117 Å². The Balaban J connectivity index is 0.00000361. The standard InChI is InChI=1S/C26H35N5O4.ClH/c1-35-23-11-9-19(16-28-23)22(15-24(32)33)30-26(34)20-6-3-13-31(17-20)14-4-7-21-10-8-18-5-2-12-27-25(18)29-21;/h8-11,16,20,22H,2-7,12-15,17H2,1H3,(H,27,29)(H,30,34)(H,32,33);1H. The van der Waals surface area contributed by atoms with Gasteiger partial charge in [0.1, 0.15) is 5.82 Å². The molecule has 2 aliphatic heterocycles. The summed E-state index contributed by atoms with van der Waals surface area (Å²) in [5.41, 5.74) is 3.06. The van der Waals surface area contributed by atoms with Crippen LogP contribution >= 0.6 is 12.4 Å². The van der Waals surface area contributed by atoms with Gasteiger partial charge in [0.2, 0.25) is 11.8 Å². The number of carbonyl (C=O) groups excluding carboxylic acids is 1. The number of piperidine rings is 1. The summed E-state index contributed by atoms with van der Waals surface area (Å²) in [4.78, 5) is 35.8. The molecule has 4 heterocycles. The Morgan fingerprint density at radius 2 is 2.14 bits per heavy atom. The van der Waals surface area contributed by atoms with Crippen molar-refractivity contribution < 1.29 is 19.4 Å². The third-order valence-electron chi connectivity index (χ3n) is 6.80. The van der Waals surface area contributed by atoms with E-state index in [4.69, 9.17) is 9.72 Å². The average Bonchev–Trinajstić information content (AvgIpc) is 2.88. The van der Waals surface area contributed by atoms with Crippen molar-refractivity contribution in [2.75, 3.05) is 38.6 Å². The molecule has 0 bridgehead atoms. The molecular formula is C26H36ClN5O4. The van der Waals surface area contributed by atoms with E-state index in [2.05, 4.69) is 32.7 Å². The first-order chi connectivity index (χ1) is 17.0. The second-order valence-electron chi connectivity index (χ2n) is 9.38. The molecule has 36 heavy (non-hydrogen) atoms. The van der Waals surface area contributed by atoms with Crippen molar-refractivity contribution in [3.05, 3.63) is 47.3 Å². The van der Waals surface area contributed by atoms with Crippen molar-refractivity contribution in [3.63, 3.8) is 0 Å². The van der Waals surface area contributed by atoms with E-state index in [1.54, 1.807) is 18.3 Å². The summed E-state index contributed by atoms with van der Waals surface area (Å²) in [6.45, 7) is 3.56. The van der Waals surface area contributed by atoms with Gasteiger partial charge in [-0.1, -0.05) is 12.1 Å². The predicted molar refractivity (Wildman–Crippen MR) is 140 cm³/mol. The zero-order valence-electron chi connectivity index (χ0n) is 20.7. The second kappa shape index (κ2) is 13.4. The Hall–Kier alpha value is -2.91. The summed E-state index contributed by atoms with van der Waals surface area (Å²) < 4.78 is 5.08. The van der Waals surface area contributed by atoms with E-state index in [-0.39, 0.29) is 30.7 Å². The summed E-state index contributed by atoms with van der Waals surface area (Å²) in [6.07, 6.45) is 7.27. The Kier molecular flexibility index (Phi) is 10.3. The maximum Gasteiger partial charge on any atom is 0.305 e. The van der Waals surface area contributed by atoms with Gasteiger partial charge < -0.3 is 25.4 Å². The lowest BCUT2D eigenvalue weighted by molar-refractivity contribution is -0.138. The fourth-order valence-corrected chi connectivity index (χ4v) is 4.90. The molecule has 2 aromatic heterocycles. The second-order valence-corrected chi connectivity index (χ2v) is 9.38. The van der Waals surface area contributed by atoms with Crippen molar-refractivity contribution in [1.29, 1.82) is 0 Å². The Labute approximate surface area is 218 Å². The van der Waals surface area contributed by atoms with Crippen LogP contribution < -0.4 is 15.4 Å². The van der Waals surface area contributed by atoms with Gasteiger partial charge in [-0.2, -0.15) is 0 Å². The highest BCUT2D eigenvalue weighted by Gasteiger charge is 2.28. The number of aryl methyl sites for hydroxylation is 2. The number of carbonyl (C=O) groups is 2. The van der Waals surface area contributed by atoms with Gasteiger partial charge in [0, 0.05) is 31.0 Å². The third-order valence-corrected chi connectivity index (χ3v) is 6.80. The molecular weight excluding hydrogens is 482 g/mol. The van der Waals surface area contributed by atoms with Crippen LogP contribution in [0, 0.1) is 5.92 Å². The van der Waals surface area contributed by atoms with Crippen LogP contribution in [0.25, 0.3) is 0 Å². The molecule has 1 fully saturated rings. The number of hydrogen-bond donors (Lipinski definition) is 3. The number of hydrogen-bond acceptors (Lipinski definition) is 7. The average molecular weight is 518 g/mol. The number of halogens is 1. The minimum absolute atomic E-state index is 0. The number of ether oxygens (including phenoxy) is 1. The molecule has 9 nitrogen and oxygen atoms in total. The molecule has 2 atom stereocenters. The summed E-state index contributed by atoms with van der Waals surface area (Å²) in [5.74, 6) is 0.254. The van der Waals surface area contributed by atoms with Gasteiger partial charge in [0.25, 0.3) is 0 Å². The van der Waals surface area contributed by atoms with Crippen LogP contribution in [0.1, 0.15) is 55.0 Å². The highest BCUT2D eigenvalue weighted by molar-refractivity contribution is 5.85. The van der Waals surface area contributed by atoms with E-state index in [1.165, 1.54) is 12.7 Å². The minimum Gasteiger partial charge on any atom is -0.481 e. The van der Waals surface area contributed by atoms with E-state index in [9.17, 15) is 14.7 Å². The van der Waals surface area contributed by atoms with Crippen molar-refractivity contribution in [3.8, 4) is 5.88 Å². The quantitative estimate of drug-likeness (QED) is 0.440. The Morgan fingerprint density at radius 3 is 2.89 bits per heavy atom. The first kappa shape index (κ1) is 27.7. The van der Waals surface area contributed by atoms with Gasteiger partial charge in [-0.15, -0.1) is 12.4 Å². The number of nitrogens with one attached hydrogen (secondary N) is 2. The number of likely N-dealkylation sites (tertiary alicyclic amines) is 1. The fourth-order valence-electron chi connectivity index (χ4n) is 4.90. The van der Waals surface area contributed by atoms with Crippen LogP contribution in [0.2, 0.25) is 0 Å². The number of methoxy groups -OCH3 is 1. The van der Waals surface area contributed by atoms with Crippen LogP contribution in [0.3, 0.4) is 0 Å². The number of anilines is 1. The number of aliphatic carboxylic acids is 1. The van der Waals surface area contributed by atoms with E-state index in [1.807, 2.05) is 0 Å². The van der Waals surface area contributed by atoms with E-state index in [0.29, 0.717) is 18.0 Å². The summed E-state index contributed by atoms with van der Waals surface area (Å²) in [5, 5.41) is 15.7. The van der Waals surface area contributed by atoms with E-state index >= 15 is 0 Å². The van der Waals surface area contributed by atoms with Crippen LogP contribution in [0.5, 0.6) is 5.88 Å². The summed E-state index contributed by atoms with van der Waals surface area (Å²) >= 11 is 0. The van der Waals surface area contributed by atoms with E-state index < -0.39 is 12.0 Å². The zero-order chi connectivity index (χ0) is 24.6. The minimum atomic E-state index is -0.970. The molecule has 1 saturated heterocycles. The van der Waals surface area contributed by atoms with Crippen molar-refractivity contribution in [2.24, 2.45) is 5.92 Å². The summed E-state index contributed by atoms with van der Waals surface area (Å²) in [7, 11) is 1.52. The maximum atomic E-state index is 13.1. The molecule has 2 aromatic rings. The molecule has 2 aliphatic rings. The van der Waals surface area contributed by atoms with Crippen molar-refractivity contribution in [2.45, 2.75) is 51.0 Å². The molecule has 3 N–H and O–H groups in total. The lowest BCUT2D eigenvalue weighted by Crippen LogP contribution is -2.44. The SMILES string of the molecule is COc1ccc(C(CC(=O)O)NC(=O)C2CCCN(CCCc3ccc4c(n3)NCCC4)C2)cn1.Cl. The molecule has 0 radical (unpaired) electrons. The lowest BCUT2D eigenvalue weighted by Gasteiger charge is -2.32. The predicted octanol–water partition coefficient (Wildman–Crippen LogP) is 3.24. The van der Waals surface area contributed by atoms with E-state index in [0.717, 1.165) is 69.7 Å². The van der Waals surface area contributed by atoms with Gasteiger partial charge in [-0.05, 0) is 68.8 Å². The number of carboxylic acids is 1. The van der Waals surface area contributed by atoms with Crippen molar-refractivity contribution >= 4 is 30.1 Å². The number of amides is 1. The molecule has 10 heteroatoms. The summed E-state index contributed by atoms with van der Waals surface area (Å²) in [6, 6.07) is 7.12. The first-order valence-corrected chi connectivity index (χ1v) is 12.5. The largest absolute Gasteiger partial charge is 0.481 e. The Bertz CT molecular complexity index is 1020. The molecule has 4 rings (SSSR count). The molecule has 0 spiro atoms. The molecule has 196 valence electrons. The number of rotatable bonds is 10. The molecule has 0 aromatic carbocycles. The van der Waals surface area contributed by atoms with Gasteiger partial charge in [0.05, 0.1) is 25.5 Å². The number of carboxylic acid groups (broad SMARTS) is 1. The van der Waals surface area contributed by atoms with Crippen LogP contribution in [-0.4, -0.2) is 65.1 Å². The molecule has 0 aliphatic carbocycles. The van der Waals surface area contributed by atoms with Crippen LogP contribution in [0.15, 0.2) is 30.5 Å². The third kappa shape index (κ3) is 7.54. The van der Waals surface area contributed by atoms with Gasteiger partial charge >= 0.3 is 5.97 Å². The lowest BCUT2D eigenvalue weighted by atomic mass is 9.95. The fraction of sp³-hybridized carbons (Fsp3) is 0.538. The maximum absolute atomic E-state index is 13.1. The normalized spacial score (nSPS) is 18.2. The van der Waals surface area contributed by atoms with Crippen LogP contribution in [0.4, 0.5) is 5.82 Å².